The SMILES string of the molecule is CCN(CC)c1ccc(-c2nnc(SCc3nnc(-c4ccc(Cl)cc4)o3)o2)cc1. The average Bonchev–Trinajstić information content (AvgIpc) is 3.44. The highest BCUT2D eigenvalue weighted by atomic mass is 35.5. The van der Waals surface area contributed by atoms with E-state index in [0.29, 0.717) is 33.7 Å². The second-order valence-corrected chi connectivity index (χ2v) is 7.75. The van der Waals surface area contributed by atoms with Crippen molar-refractivity contribution in [2.75, 3.05) is 18.0 Å². The lowest BCUT2D eigenvalue weighted by Gasteiger charge is -2.20. The summed E-state index contributed by atoms with van der Waals surface area (Å²) in [5.41, 5.74) is 2.87. The third-order valence-corrected chi connectivity index (χ3v) is 5.58. The first-order valence-corrected chi connectivity index (χ1v) is 10.9. The number of benzene rings is 2. The number of anilines is 1. The zero-order valence-electron chi connectivity index (χ0n) is 16.6. The van der Waals surface area contributed by atoms with E-state index >= 15 is 0 Å². The molecule has 0 radical (unpaired) electrons. The van der Waals surface area contributed by atoms with E-state index in [1.54, 1.807) is 12.1 Å². The van der Waals surface area contributed by atoms with Crippen LogP contribution in [0.15, 0.2) is 62.6 Å². The Morgan fingerprint density at radius 2 is 1.40 bits per heavy atom. The summed E-state index contributed by atoms with van der Waals surface area (Å²) in [4.78, 5) is 2.28. The highest BCUT2D eigenvalue weighted by molar-refractivity contribution is 7.98. The standard InChI is InChI=1S/C21H20ClN5O2S/c1-3-27(4-2)17-11-7-15(8-12-17)20-25-26-21(29-20)30-13-18-23-24-19(28-18)14-5-9-16(22)10-6-14/h5-12H,3-4,13H2,1-2H3. The summed E-state index contributed by atoms with van der Waals surface area (Å²) in [6, 6.07) is 15.4. The van der Waals surface area contributed by atoms with Crippen LogP contribution in [0.25, 0.3) is 22.9 Å². The fraction of sp³-hybridized carbons (Fsp3) is 0.238. The maximum absolute atomic E-state index is 5.91. The van der Waals surface area contributed by atoms with Crippen molar-refractivity contribution in [3.05, 3.63) is 59.4 Å². The average molecular weight is 442 g/mol. The summed E-state index contributed by atoms with van der Waals surface area (Å²) < 4.78 is 11.5. The van der Waals surface area contributed by atoms with Crippen molar-refractivity contribution >= 4 is 29.1 Å². The zero-order valence-corrected chi connectivity index (χ0v) is 18.2. The monoisotopic (exact) mass is 441 g/mol. The zero-order chi connectivity index (χ0) is 20.9. The maximum Gasteiger partial charge on any atom is 0.277 e. The van der Waals surface area contributed by atoms with E-state index in [4.69, 9.17) is 20.4 Å². The predicted octanol–water partition coefficient (Wildman–Crippen LogP) is 5.58. The van der Waals surface area contributed by atoms with Gasteiger partial charge in [-0.05, 0) is 62.4 Å². The minimum atomic E-state index is 0.434. The van der Waals surface area contributed by atoms with E-state index in [0.717, 1.165) is 24.2 Å². The largest absolute Gasteiger partial charge is 0.420 e. The Bertz CT molecular complexity index is 1090. The molecule has 4 rings (SSSR count). The van der Waals surface area contributed by atoms with E-state index in [1.165, 1.54) is 17.4 Å². The van der Waals surface area contributed by atoms with Crippen LogP contribution in [0, 0.1) is 0 Å². The Morgan fingerprint density at radius 3 is 2.07 bits per heavy atom. The highest BCUT2D eigenvalue weighted by Gasteiger charge is 2.13. The van der Waals surface area contributed by atoms with Gasteiger partial charge >= 0.3 is 0 Å². The molecule has 0 aliphatic heterocycles. The number of nitrogens with zero attached hydrogens (tertiary/aromatic N) is 5. The number of aromatic nitrogens is 4. The number of thioether (sulfide) groups is 1. The Kier molecular flexibility index (Phi) is 6.35. The molecule has 7 nitrogen and oxygen atoms in total. The molecule has 0 aliphatic carbocycles. The van der Waals surface area contributed by atoms with Crippen molar-refractivity contribution in [2.45, 2.75) is 24.8 Å². The molecular formula is C21H20ClN5O2S. The molecule has 0 fully saturated rings. The van der Waals surface area contributed by atoms with Gasteiger partial charge in [-0.25, -0.2) is 0 Å². The summed E-state index contributed by atoms with van der Waals surface area (Å²) in [5.74, 6) is 1.84. The van der Waals surface area contributed by atoms with Crippen molar-refractivity contribution in [1.82, 2.24) is 20.4 Å². The van der Waals surface area contributed by atoms with Gasteiger partial charge in [0.05, 0.1) is 5.75 Å². The first kappa shape index (κ1) is 20.4. The van der Waals surface area contributed by atoms with Gasteiger partial charge in [0.25, 0.3) is 5.22 Å². The van der Waals surface area contributed by atoms with Crippen LogP contribution in [0.4, 0.5) is 5.69 Å². The summed E-state index contributed by atoms with van der Waals surface area (Å²) >= 11 is 7.26. The Hall–Kier alpha value is -2.84. The molecule has 0 saturated heterocycles. The van der Waals surface area contributed by atoms with Crippen LogP contribution in [-0.2, 0) is 5.75 Å². The molecule has 154 valence electrons. The molecule has 0 N–H and O–H groups in total. The van der Waals surface area contributed by atoms with Crippen LogP contribution in [-0.4, -0.2) is 33.5 Å². The van der Waals surface area contributed by atoms with Gasteiger partial charge in [0.1, 0.15) is 0 Å². The van der Waals surface area contributed by atoms with Gasteiger partial charge in [-0.15, -0.1) is 20.4 Å². The molecule has 0 saturated carbocycles. The molecule has 0 atom stereocenters. The van der Waals surface area contributed by atoms with E-state index in [-0.39, 0.29) is 0 Å². The second-order valence-electron chi connectivity index (χ2n) is 6.39. The Balaban J connectivity index is 1.39. The molecule has 2 aromatic heterocycles. The van der Waals surface area contributed by atoms with Gasteiger partial charge in [-0.3, -0.25) is 0 Å². The van der Waals surface area contributed by atoms with Crippen molar-refractivity contribution < 1.29 is 8.83 Å². The molecule has 4 aromatic rings. The van der Waals surface area contributed by atoms with E-state index in [2.05, 4.69) is 51.3 Å². The van der Waals surface area contributed by atoms with Crippen molar-refractivity contribution in [2.24, 2.45) is 0 Å². The predicted molar refractivity (Wildman–Crippen MR) is 118 cm³/mol. The molecule has 0 aliphatic rings. The van der Waals surface area contributed by atoms with E-state index in [9.17, 15) is 0 Å². The quantitative estimate of drug-likeness (QED) is 0.328. The number of hydrogen-bond donors (Lipinski definition) is 0. The summed E-state index contributed by atoms with van der Waals surface area (Å²) in [5, 5.41) is 17.5. The van der Waals surface area contributed by atoms with Crippen molar-refractivity contribution in [3.63, 3.8) is 0 Å². The van der Waals surface area contributed by atoms with E-state index in [1.807, 2.05) is 24.3 Å². The molecule has 30 heavy (non-hydrogen) atoms. The van der Waals surface area contributed by atoms with Gasteiger partial charge in [-0.1, -0.05) is 23.4 Å². The van der Waals surface area contributed by atoms with Gasteiger partial charge in [-0.2, -0.15) is 0 Å². The molecular weight excluding hydrogens is 422 g/mol. The van der Waals surface area contributed by atoms with Gasteiger partial charge in [0, 0.05) is 34.9 Å². The highest BCUT2D eigenvalue weighted by Crippen LogP contribution is 2.28. The normalized spacial score (nSPS) is 11.0. The molecule has 0 unspecified atom stereocenters. The van der Waals surface area contributed by atoms with Crippen LogP contribution in [0.1, 0.15) is 19.7 Å². The third kappa shape index (κ3) is 4.66. The summed E-state index contributed by atoms with van der Waals surface area (Å²) in [7, 11) is 0. The first-order valence-electron chi connectivity index (χ1n) is 9.56. The van der Waals surface area contributed by atoms with Crippen molar-refractivity contribution in [3.8, 4) is 22.9 Å². The summed E-state index contributed by atoms with van der Waals surface area (Å²) in [6.07, 6.45) is 0. The first-order chi connectivity index (χ1) is 14.7. The fourth-order valence-corrected chi connectivity index (χ4v) is 3.66. The Labute approximate surface area is 183 Å². The lowest BCUT2D eigenvalue weighted by molar-refractivity contribution is 0.464. The third-order valence-electron chi connectivity index (χ3n) is 4.53. The number of halogens is 1. The maximum atomic E-state index is 5.91. The van der Waals surface area contributed by atoms with Gasteiger partial charge < -0.3 is 13.7 Å². The van der Waals surface area contributed by atoms with Gasteiger partial charge in [0.15, 0.2) is 0 Å². The molecule has 9 heteroatoms. The number of hydrogen-bond acceptors (Lipinski definition) is 8. The smallest absolute Gasteiger partial charge is 0.277 e. The molecule has 2 aromatic carbocycles. The van der Waals surface area contributed by atoms with Crippen molar-refractivity contribution in [1.29, 1.82) is 0 Å². The summed E-state index contributed by atoms with van der Waals surface area (Å²) in [6.45, 7) is 6.21. The van der Waals surface area contributed by atoms with E-state index < -0.39 is 0 Å². The molecule has 0 bridgehead atoms. The molecule has 2 heterocycles. The second kappa shape index (κ2) is 9.32. The van der Waals surface area contributed by atoms with Crippen LogP contribution in [0.3, 0.4) is 0 Å². The minimum Gasteiger partial charge on any atom is -0.420 e. The fourth-order valence-electron chi connectivity index (χ4n) is 2.93. The topological polar surface area (TPSA) is 81.1 Å². The molecule has 0 amide bonds. The van der Waals surface area contributed by atoms with Crippen LogP contribution in [0.2, 0.25) is 5.02 Å². The van der Waals surface area contributed by atoms with Crippen LogP contribution in [0.5, 0.6) is 0 Å². The number of rotatable bonds is 8. The lowest BCUT2D eigenvalue weighted by Crippen LogP contribution is -2.21. The molecule has 0 spiro atoms. The van der Waals surface area contributed by atoms with Crippen LogP contribution >= 0.6 is 23.4 Å². The minimum absolute atomic E-state index is 0.434. The van der Waals surface area contributed by atoms with Crippen LogP contribution < -0.4 is 4.90 Å². The van der Waals surface area contributed by atoms with Gasteiger partial charge in [0.2, 0.25) is 17.7 Å². The lowest BCUT2D eigenvalue weighted by atomic mass is 10.2. The Morgan fingerprint density at radius 1 is 0.800 bits per heavy atom.